The van der Waals surface area contributed by atoms with Gasteiger partial charge in [-0.25, -0.2) is 4.39 Å². The van der Waals surface area contributed by atoms with Crippen molar-refractivity contribution in [1.82, 2.24) is 5.32 Å². The van der Waals surface area contributed by atoms with Crippen molar-refractivity contribution in [3.8, 4) is 5.75 Å². The van der Waals surface area contributed by atoms with Crippen molar-refractivity contribution in [2.45, 2.75) is 6.42 Å². The van der Waals surface area contributed by atoms with E-state index < -0.39 is 5.82 Å². The zero-order valence-corrected chi connectivity index (χ0v) is 10.9. The Kier molecular flexibility index (Phi) is 5.23. The first kappa shape index (κ1) is 13.6. The molecule has 1 aliphatic heterocycles. The van der Waals surface area contributed by atoms with Gasteiger partial charge >= 0.3 is 0 Å². The molecule has 3 nitrogen and oxygen atoms in total. The summed E-state index contributed by atoms with van der Waals surface area (Å²) in [4.78, 5) is 0. The summed E-state index contributed by atoms with van der Waals surface area (Å²) in [5, 5.41) is 3.41. The van der Waals surface area contributed by atoms with Crippen LogP contribution in [0.15, 0.2) is 18.2 Å². The quantitative estimate of drug-likeness (QED) is 0.808. The summed E-state index contributed by atoms with van der Waals surface area (Å²) in [6.07, 6.45) is 1.12. The molecule has 5 heteroatoms. The van der Waals surface area contributed by atoms with Gasteiger partial charge in [-0.15, -0.1) is 0 Å². The molecule has 18 heavy (non-hydrogen) atoms. The van der Waals surface area contributed by atoms with Crippen molar-refractivity contribution in [3.05, 3.63) is 29.0 Å². The molecule has 1 heterocycles. The Labute approximate surface area is 111 Å². The summed E-state index contributed by atoms with van der Waals surface area (Å²) in [5.41, 5.74) is 0. The maximum Gasteiger partial charge on any atom is 0.145 e. The number of hydrogen-bond acceptors (Lipinski definition) is 3. The minimum Gasteiger partial charge on any atom is -0.492 e. The van der Waals surface area contributed by atoms with E-state index in [0.717, 1.165) is 32.7 Å². The van der Waals surface area contributed by atoms with E-state index in [-0.39, 0.29) is 5.02 Å². The molecule has 1 aromatic carbocycles. The van der Waals surface area contributed by atoms with Crippen LogP contribution in [0.1, 0.15) is 6.42 Å². The third-order valence-electron chi connectivity index (χ3n) is 2.90. The van der Waals surface area contributed by atoms with Crippen LogP contribution in [0.25, 0.3) is 0 Å². The second-order valence-electron chi connectivity index (χ2n) is 4.36. The summed E-state index contributed by atoms with van der Waals surface area (Å²) in [7, 11) is 0. The highest BCUT2D eigenvalue weighted by Gasteiger charge is 2.14. The minimum absolute atomic E-state index is 0.113. The van der Waals surface area contributed by atoms with E-state index in [1.165, 1.54) is 12.1 Å². The molecule has 1 unspecified atom stereocenters. The van der Waals surface area contributed by atoms with Crippen LogP contribution in [0, 0.1) is 11.7 Å². The van der Waals surface area contributed by atoms with Crippen LogP contribution in [0.5, 0.6) is 5.75 Å². The first-order valence-electron chi connectivity index (χ1n) is 6.12. The van der Waals surface area contributed by atoms with E-state index in [1.807, 2.05) is 0 Å². The number of ether oxygens (including phenoxy) is 2. The van der Waals surface area contributed by atoms with E-state index >= 15 is 0 Å². The highest BCUT2D eigenvalue weighted by molar-refractivity contribution is 6.30. The number of nitrogens with one attached hydrogen (secondary N) is 1. The summed E-state index contributed by atoms with van der Waals surface area (Å²) in [6, 6.07) is 4.46. The van der Waals surface area contributed by atoms with Gasteiger partial charge in [-0.1, -0.05) is 11.6 Å². The molecule has 1 saturated heterocycles. The van der Waals surface area contributed by atoms with E-state index in [2.05, 4.69) is 5.32 Å². The van der Waals surface area contributed by atoms with Crippen molar-refractivity contribution in [1.29, 1.82) is 0 Å². The van der Waals surface area contributed by atoms with Gasteiger partial charge in [0.05, 0.1) is 11.6 Å². The zero-order chi connectivity index (χ0) is 12.8. The monoisotopic (exact) mass is 273 g/mol. The molecule has 1 aromatic rings. The second-order valence-corrected chi connectivity index (χ2v) is 4.77. The van der Waals surface area contributed by atoms with E-state index in [0.29, 0.717) is 18.3 Å². The Hall–Kier alpha value is -0.840. The van der Waals surface area contributed by atoms with Gasteiger partial charge in [0, 0.05) is 25.8 Å². The highest BCUT2D eigenvalue weighted by atomic mass is 35.5. The van der Waals surface area contributed by atoms with Crippen LogP contribution in [-0.4, -0.2) is 32.9 Å². The van der Waals surface area contributed by atoms with Crippen LogP contribution in [0.3, 0.4) is 0 Å². The fourth-order valence-corrected chi connectivity index (χ4v) is 1.98. The zero-order valence-electron chi connectivity index (χ0n) is 10.1. The Bertz CT molecular complexity index is 383. The summed E-state index contributed by atoms with van der Waals surface area (Å²) in [6.45, 7) is 3.90. The smallest absolute Gasteiger partial charge is 0.145 e. The first-order chi connectivity index (χ1) is 8.75. The largest absolute Gasteiger partial charge is 0.492 e. The van der Waals surface area contributed by atoms with Gasteiger partial charge in [-0.3, -0.25) is 0 Å². The molecule has 0 radical (unpaired) electrons. The summed E-state index contributed by atoms with van der Waals surface area (Å²) < 4.78 is 23.8. The number of halogens is 2. The van der Waals surface area contributed by atoms with E-state index in [4.69, 9.17) is 21.1 Å². The van der Waals surface area contributed by atoms with Crippen LogP contribution < -0.4 is 10.1 Å². The summed E-state index contributed by atoms with van der Waals surface area (Å²) >= 11 is 5.58. The molecule has 1 N–H and O–H groups in total. The summed E-state index contributed by atoms with van der Waals surface area (Å²) in [5.74, 6) is 0.658. The predicted octanol–water partition coefficient (Wildman–Crippen LogP) is 2.48. The molecule has 0 saturated carbocycles. The third-order valence-corrected chi connectivity index (χ3v) is 3.20. The van der Waals surface area contributed by atoms with Gasteiger partial charge in [0.25, 0.3) is 0 Å². The normalized spacial score (nSPS) is 19.1. The Morgan fingerprint density at radius 2 is 2.39 bits per heavy atom. The second kappa shape index (κ2) is 6.92. The molecule has 0 amide bonds. The van der Waals surface area contributed by atoms with Gasteiger partial charge in [-0.05, 0) is 24.5 Å². The van der Waals surface area contributed by atoms with Crippen molar-refractivity contribution in [2.75, 3.05) is 32.9 Å². The van der Waals surface area contributed by atoms with Gasteiger partial charge < -0.3 is 14.8 Å². The molecule has 0 aliphatic carbocycles. The van der Waals surface area contributed by atoms with Gasteiger partial charge in [0.2, 0.25) is 0 Å². The molecular weight excluding hydrogens is 257 g/mol. The molecule has 1 fully saturated rings. The average molecular weight is 274 g/mol. The first-order valence-corrected chi connectivity index (χ1v) is 6.50. The van der Waals surface area contributed by atoms with Gasteiger partial charge in [-0.2, -0.15) is 0 Å². The van der Waals surface area contributed by atoms with Gasteiger partial charge in [0.1, 0.15) is 18.2 Å². The SMILES string of the molecule is Fc1cc(OCCNCC2CCOC2)ccc1Cl. The van der Waals surface area contributed by atoms with Crippen molar-refractivity contribution >= 4 is 11.6 Å². The lowest BCUT2D eigenvalue weighted by atomic mass is 10.1. The number of rotatable bonds is 6. The van der Waals surface area contributed by atoms with Crippen LogP contribution in [0.2, 0.25) is 5.02 Å². The molecule has 2 rings (SSSR count). The Morgan fingerprint density at radius 1 is 1.50 bits per heavy atom. The standard InChI is InChI=1S/C13H17ClFNO2/c14-12-2-1-11(7-13(12)15)18-6-4-16-8-10-3-5-17-9-10/h1-2,7,10,16H,3-6,8-9H2. The molecule has 0 spiro atoms. The number of benzene rings is 1. The molecule has 100 valence electrons. The number of hydrogen-bond donors (Lipinski definition) is 1. The average Bonchev–Trinajstić information content (AvgIpc) is 2.86. The Morgan fingerprint density at radius 3 is 3.11 bits per heavy atom. The van der Waals surface area contributed by atoms with Crippen LogP contribution in [-0.2, 0) is 4.74 Å². The lowest BCUT2D eigenvalue weighted by Gasteiger charge is -2.10. The van der Waals surface area contributed by atoms with Crippen molar-refractivity contribution in [3.63, 3.8) is 0 Å². The molecule has 0 aromatic heterocycles. The highest BCUT2D eigenvalue weighted by Crippen LogP contribution is 2.20. The molecular formula is C13H17ClFNO2. The predicted molar refractivity (Wildman–Crippen MR) is 68.7 cm³/mol. The van der Waals surface area contributed by atoms with Crippen molar-refractivity contribution < 1.29 is 13.9 Å². The van der Waals surface area contributed by atoms with Crippen LogP contribution >= 0.6 is 11.6 Å². The maximum absolute atomic E-state index is 13.1. The fraction of sp³-hybridized carbons (Fsp3) is 0.538. The van der Waals surface area contributed by atoms with Gasteiger partial charge in [0.15, 0.2) is 0 Å². The van der Waals surface area contributed by atoms with Crippen molar-refractivity contribution in [2.24, 2.45) is 5.92 Å². The molecule has 1 aliphatic rings. The van der Waals surface area contributed by atoms with E-state index in [9.17, 15) is 4.39 Å². The Balaban J connectivity index is 1.61. The topological polar surface area (TPSA) is 30.5 Å². The third kappa shape index (κ3) is 4.12. The maximum atomic E-state index is 13.1. The van der Waals surface area contributed by atoms with E-state index in [1.54, 1.807) is 6.07 Å². The molecule has 0 bridgehead atoms. The lowest BCUT2D eigenvalue weighted by molar-refractivity contribution is 0.185. The van der Waals surface area contributed by atoms with Crippen LogP contribution in [0.4, 0.5) is 4.39 Å². The fourth-order valence-electron chi connectivity index (χ4n) is 1.86. The minimum atomic E-state index is -0.453. The lowest BCUT2D eigenvalue weighted by Crippen LogP contribution is -2.27. The molecule has 1 atom stereocenters.